The Bertz CT molecular complexity index is 1470. The number of ketones is 1. The number of carbonyl (C=O) groups is 3. The van der Waals surface area contributed by atoms with Gasteiger partial charge in [0.15, 0.2) is 5.78 Å². The number of fused-ring (bicyclic) bond motifs is 3. The molecular formula is C30H35N7O4. The molecule has 2 aromatic carbocycles. The van der Waals surface area contributed by atoms with Crippen molar-refractivity contribution in [3.63, 3.8) is 0 Å². The Kier molecular flexibility index (Phi) is 7.22. The smallest absolute Gasteiger partial charge is 0.334 e. The van der Waals surface area contributed by atoms with Crippen LogP contribution in [0.3, 0.4) is 0 Å². The number of aromatic nitrogens is 2. The minimum Gasteiger partial charge on any atom is -0.379 e. The average molecular weight is 558 g/mol. The number of anilines is 2. The van der Waals surface area contributed by atoms with Crippen LogP contribution in [-0.4, -0.2) is 91.3 Å². The monoisotopic (exact) mass is 557 g/mol. The van der Waals surface area contributed by atoms with E-state index in [0.717, 1.165) is 29.8 Å². The number of nitrogens with zero attached hydrogens (tertiary/aromatic N) is 5. The number of likely N-dealkylation sites (tertiary alicyclic amines) is 1. The molecule has 11 heteroatoms. The largest absolute Gasteiger partial charge is 0.379 e. The Morgan fingerprint density at radius 3 is 2.39 bits per heavy atom. The Morgan fingerprint density at radius 1 is 1.02 bits per heavy atom. The van der Waals surface area contributed by atoms with Gasteiger partial charge in [-0.15, -0.1) is 0 Å². The van der Waals surface area contributed by atoms with E-state index < -0.39 is 6.03 Å². The van der Waals surface area contributed by atoms with Gasteiger partial charge in [-0.1, -0.05) is 24.3 Å². The van der Waals surface area contributed by atoms with Crippen molar-refractivity contribution in [1.29, 1.82) is 0 Å². The first kappa shape index (κ1) is 27.0. The molecule has 3 aromatic rings. The van der Waals surface area contributed by atoms with E-state index >= 15 is 0 Å². The lowest BCUT2D eigenvalue weighted by Gasteiger charge is -2.36. The molecular weight excluding hydrogens is 522 g/mol. The van der Waals surface area contributed by atoms with Gasteiger partial charge in [0.2, 0.25) is 5.91 Å². The molecule has 3 N–H and O–H groups in total. The summed E-state index contributed by atoms with van der Waals surface area (Å²) in [5.74, 6) is 0.0232. The van der Waals surface area contributed by atoms with Crippen LogP contribution < -0.4 is 15.6 Å². The number of urea groups is 1. The highest BCUT2D eigenvalue weighted by Gasteiger charge is 2.40. The van der Waals surface area contributed by atoms with Crippen molar-refractivity contribution < 1.29 is 19.1 Å². The third-order valence-electron chi connectivity index (χ3n) is 8.32. The van der Waals surface area contributed by atoms with E-state index in [1.165, 1.54) is 5.01 Å². The second-order valence-electron chi connectivity index (χ2n) is 11.0. The summed E-state index contributed by atoms with van der Waals surface area (Å²) in [7, 11) is 3.98. The number of piperidine rings is 1. The molecule has 3 heterocycles. The fraction of sp³-hybridized carbons (Fsp3) is 0.400. The van der Waals surface area contributed by atoms with Crippen LogP contribution in [-0.2, 0) is 16.0 Å². The molecule has 0 saturated carbocycles. The van der Waals surface area contributed by atoms with Gasteiger partial charge in [0, 0.05) is 57.4 Å². The number of morpholine rings is 1. The van der Waals surface area contributed by atoms with Gasteiger partial charge in [-0.05, 0) is 36.6 Å². The molecule has 1 aromatic heterocycles. The van der Waals surface area contributed by atoms with E-state index in [2.05, 4.69) is 10.2 Å². The van der Waals surface area contributed by atoms with Crippen LogP contribution in [0.15, 0.2) is 42.5 Å². The molecule has 0 radical (unpaired) electrons. The standard InChI is InChI=1S/C30H35N7O4/c1-34(2)21-8-6-19(7-9-21)18-24(38)35-12-10-20(11-13-35)27-26-28(33-32-27)22-4-3-5-23(25(22)29(26)39)37(30(31)40)36-14-16-41-17-15-36/h3-9,20H,10-18H2,1-2H3,(H2,31,40)(H,32,33). The Hall–Kier alpha value is -4.22. The number of nitrogens with one attached hydrogen (secondary N) is 1. The van der Waals surface area contributed by atoms with E-state index in [1.807, 2.05) is 65.3 Å². The SMILES string of the molecule is CN(C)c1ccc(CC(=O)N2CCC(c3[nH]nc4c3C(=O)c3c-4cccc3N(C(N)=O)N3CCOCC3)CC2)cc1. The average Bonchev–Trinajstić information content (AvgIpc) is 3.54. The molecule has 0 unspecified atom stereocenters. The number of hydrazine groups is 1. The Labute approximate surface area is 238 Å². The second-order valence-corrected chi connectivity index (χ2v) is 11.0. The highest BCUT2D eigenvalue weighted by atomic mass is 16.5. The van der Waals surface area contributed by atoms with E-state index in [1.54, 1.807) is 6.07 Å². The first-order chi connectivity index (χ1) is 19.8. The fourth-order valence-electron chi connectivity index (χ4n) is 6.13. The minimum absolute atomic E-state index is 0.0721. The molecule has 2 fully saturated rings. The van der Waals surface area contributed by atoms with Crippen molar-refractivity contribution >= 4 is 29.1 Å². The van der Waals surface area contributed by atoms with E-state index in [4.69, 9.17) is 10.5 Å². The summed E-state index contributed by atoms with van der Waals surface area (Å²) in [6.07, 6.45) is 1.84. The third kappa shape index (κ3) is 4.95. The first-order valence-electron chi connectivity index (χ1n) is 14.1. The maximum Gasteiger partial charge on any atom is 0.334 e. The number of rotatable bonds is 6. The summed E-state index contributed by atoms with van der Waals surface area (Å²) in [6, 6.07) is 12.8. The van der Waals surface area contributed by atoms with Gasteiger partial charge in [-0.25, -0.2) is 14.8 Å². The number of primary amides is 1. The normalized spacial score (nSPS) is 17.3. The van der Waals surface area contributed by atoms with Gasteiger partial charge in [-0.3, -0.25) is 14.7 Å². The van der Waals surface area contributed by atoms with Crippen LogP contribution >= 0.6 is 0 Å². The summed E-state index contributed by atoms with van der Waals surface area (Å²) >= 11 is 0. The number of nitrogens with two attached hydrogens (primary N) is 1. The number of aromatic amines is 1. The zero-order valence-corrected chi connectivity index (χ0v) is 23.4. The zero-order valence-electron chi connectivity index (χ0n) is 23.4. The third-order valence-corrected chi connectivity index (χ3v) is 8.32. The maximum atomic E-state index is 13.9. The second kappa shape index (κ2) is 11.0. The van der Waals surface area contributed by atoms with Gasteiger partial charge in [-0.2, -0.15) is 5.10 Å². The Morgan fingerprint density at radius 2 is 1.73 bits per heavy atom. The molecule has 1 aliphatic carbocycles. The summed E-state index contributed by atoms with van der Waals surface area (Å²) in [6.45, 7) is 3.18. The van der Waals surface area contributed by atoms with Crippen molar-refractivity contribution in [3.8, 4) is 11.3 Å². The first-order valence-corrected chi connectivity index (χ1v) is 14.1. The van der Waals surface area contributed by atoms with E-state index in [0.29, 0.717) is 73.9 Å². The summed E-state index contributed by atoms with van der Waals surface area (Å²) in [5.41, 5.74) is 11.5. The number of carbonyl (C=O) groups excluding carboxylic acids is 3. The van der Waals surface area contributed by atoms with Gasteiger partial charge in [0.1, 0.15) is 5.69 Å². The number of ether oxygens (including phenoxy) is 1. The summed E-state index contributed by atoms with van der Waals surface area (Å²) < 4.78 is 5.44. The number of H-pyrrole nitrogens is 1. The number of amides is 3. The predicted molar refractivity (Wildman–Crippen MR) is 155 cm³/mol. The van der Waals surface area contributed by atoms with Crippen LogP contribution in [0.25, 0.3) is 11.3 Å². The fourth-order valence-corrected chi connectivity index (χ4v) is 6.13. The Balaban J connectivity index is 1.17. The molecule has 2 saturated heterocycles. The lowest BCUT2D eigenvalue weighted by atomic mass is 9.90. The van der Waals surface area contributed by atoms with Crippen molar-refractivity contribution in [1.82, 2.24) is 20.1 Å². The molecule has 0 atom stereocenters. The van der Waals surface area contributed by atoms with Gasteiger partial charge >= 0.3 is 6.03 Å². The molecule has 6 rings (SSSR count). The number of benzene rings is 2. The molecule has 214 valence electrons. The lowest BCUT2D eigenvalue weighted by molar-refractivity contribution is -0.131. The van der Waals surface area contributed by atoms with E-state index in [9.17, 15) is 14.4 Å². The molecule has 2 aliphatic heterocycles. The molecule has 11 nitrogen and oxygen atoms in total. The summed E-state index contributed by atoms with van der Waals surface area (Å²) in [4.78, 5) is 43.5. The number of hydrogen-bond acceptors (Lipinski definition) is 7. The van der Waals surface area contributed by atoms with Crippen LogP contribution in [0.1, 0.15) is 45.9 Å². The van der Waals surface area contributed by atoms with Crippen LogP contribution in [0.5, 0.6) is 0 Å². The molecule has 3 amide bonds. The van der Waals surface area contributed by atoms with Gasteiger partial charge in [0.25, 0.3) is 0 Å². The highest BCUT2D eigenvalue weighted by Crippen LogP contribution is 2.44. The highest BCUT2D eigenvalue weighted by molar-refractivity contribution is 6.25. The lowest BCUT2D eigenvalue weighted by Crippen LogP contribution is -2.54. The topological polar surface area (TPSA) is 128 Å². The zero-order chi connectivity index (χ0) is 28.7. The number of hydrogen-bond donors (Lipinski definition) is 2. The van der Waals surface area contributed by atoms with Crippen molar-refractivity contribution in [2.24, 2.45) is 5.73 Å². The van der Waals surface area contributed by atoms with Gasteiger partial charge < -0.3 is 20.3 Å². The predicted octanol–water partition coefficient (Wildman–Crippen LogP) is 2.77. The molecule has 0 spiro atoms. The van der Waals surface area contributed by atoms with Gasteiger partial charge in [0.05, 0.1) is 42.1 Å². The van der Waals surface area contributed by atoms with Crippen LogP contribution in [0.2, 0.25) is 0 Å². The van der Waals surface area contributed by atoms with E-state index in [-0.39, 0.29) is 17.6 Å². The molecule has 0 bridgehead atoms. The quantitative estimate of drug-likeness (QED) is 0.373. The van der Waals surface area contributed by atoms with Crippen molar-refractivity contribution in [2.75, 3.05) is 63.4 Å². The van der Waals surface area contributed by atoms with Crippen molar-refractivity contribution in [3.05, 3.63) is 64.8 Å². The summed E-state index contributed by atoms with van der Waals surface area (Å²) in [5, 5.41) is 10.9. The van der Waals surface area contributed by atoms with Crippen molar-refractivity contribution in [2.45, 2.75) is 25.2 Å². The molecule has 3 aliphatic rings. The molecule has 41 heavy (non-hydrogen) atoms. The minimum atomic E-state index is -0.648. The van der Waals surface area contributed by atoms with Crippen LogP contribution in [0.4, 0.5) is 16.2 Å². The van der Waals surface area contributed by atoms with Crippen LogP contribution in [0, 0.1) is 0 Å². The maximum absolute atomic E-state index is 13.9.